The van der Waals surface area contributed by atoms with Crippen molar-refractivity contribution in [3.8, 4) is 0 Å². The third-order valence-electron chi connectivity index (χ3n) is 8.93. The minimum absolute atomic E-state index is 0.0809. The SMILES string of the molecule is O=CCCC(C=O)N1Cc2c(CCCCCN3CCC4(CCc5ccccc54)CC3)cccc2C1=O. The van der Waals surface area contributed by atoms with E-state index in [9.17, 15) is 14.4 Å². The number of nitrogens with zero attached hydrogens (tertiary/aromatic N) is 2. The minimum atomic E-state index is -0.524. The normalized spacial score (nSPS) is 19.3. The molecule has 0 saturated carbocycles. The number of likely N-dealkylation sites (tertiary alicyclic amines) is 1. The average molecular weight is 487 g/mol. The third kappa shape index (κ3) is 4.90. The van der Waals surface area contributed by atoms with Crippen molar-refractivity contribution in [3.05, 3.63) is 70.3 Å². The third-order valence-corrected chi connectivity index (χ3v) is 8.93. The van der Waals surface area contributed by atoms with Crippen LogP contribution in [-0.2, 0) is 34.4 Å². The lowest BCUT2D eigenvalue weighted by molar-refractivity contribution is -0.112. The van der Waals surface area contributed by atoms with Crippen molar-refractivity contribution in [1.82, 2.24) is 9.80 Å². The summed E-state index contributed by atoms with van der Waals surface area (Å²) in [6.45, 7) is 4.07. The second kappa shape index (κ2) is 11.1. The van der Waals surface area contributed by atoms with Gasteiger partial charge in [-0.05, 0) is 105 Å². The lowest BCUT2D eigenvalue weighted by Crippen LogP contribution is -2.41. The van der Waals surface area contributed by atoms with E-state index in [0.717, 1.165) is 36.5 Å². The van der Waals surface area contributed by atoms with Crippen molar-refractivity contribution in [2.24, 2.45) is 0 Å². The Bertz CT molecular complexity index is 1100. The summed E-state index contributed by atoms with van der Waals surface area (Å²) in [5.74, 6) is -0.0809. The summed E-state index contributed by atoms with van der Waals surface area (Å²) >= 11 is 0. The molecule has 3 aliphatic rings. The lowest BCUT2D eigenvalue weighted by Gasteiger charge is -2.40. The number of benzene rings is 2. The molecule has 5 nitrogen and oxygen atoms in total. The Morgan fingerprint density at radius 2 is 1.78 bits per heavy atom. The molecule has 0 radical (unpaired) electrons. The summed E-state index contributed by atoms with van der Waals surface area (Å²) < 4.78 is 0. The largest absolute Gasteiger partial charge is 0.325 e. The molecule has 2 aliphatic heterocycles. The van der Waals surface area contributed by atoms with Crippen LogP contribution < -0.4 is 0 Å². The summed E-state index contributed by atoms with van der Waals surface area (Å²) in [6.07, 6.45) is 11.9. The van der Waals surface area contributed by atoms with Crippen molar-refractivity contribution in [3.63, 3.8) is 0 Å². The van der Waals surface area contributed by atoms with E-state index in [0.29, 0.717) is 24.8 Å². The van der Waals surface area contributed by atoms with Gasteiger partial charge in [0.1, 0.15) is 12.6 Å². The highest BCUT2D eigenvalue weighted by molar-refractivity contribution is 6.00. The minimum Gasteiger partial charge on any atom is -0.325 e. The van der Waals surface area contributed by atoms with Gasteiger partial charge in [-0.2, -0.15) is 0 Å². The first-order chi connectivity index (χ1) is 17.6. The molecule has 1 aliphatic carbocycles. The molecule has 1 amide bonds. The van der Waals surface area contributed by atoms with E-state index >= 15 is 0 Å². The van der Waals surface area contributed by atoms with Crippen LogP contribution in [0.4, 0.5) is 0 Å². The number of hydrogen-bond donors (Lipinski definition) is 0. The molecule has 2 aromatic carbocycles. The Labute approximate surface area is 214 Å². The molecule has 1 atom stereocenters. The van der Waals surface area contributed by atoms with Crippen molar-refractivity contribution in [2.75, 3.05) is 19.6 Å². The molecule has 1 unspecified atom stereocenters. The predicted octanol–water partition coefficient (Wildman–Crippen LogP) is 4.88. The van der Waals surface area contributed by atoms with Crippen LogP contribution in [0.2, 0.25) is 0 Å². The number of unbranched alkanes of at least 4 members (excludes halogenated alkanes) is 2. The first kappa shape index (κ1) is 24.9. The van der Waals surface area contributed by atoms with Gasteiger partial charge in [0.15, 0.2) is 0 Å². The Hall–Kier alpha value is -2.79. The summed E-state index contributed by atoms with van der Waals surface area (Å²) in [6, 6.07) is 14.5. The molecule has 1 saturated heterocycles. The van der Waals surface area contributed by atoms with Gasteiger partial charge in [-0.25, -0.2) is 0 Å². The van der Waals surface area contributed by atoms with E-state index in [4.69, 9.17) is 0 Å². The summed E-state index contributed by atoms with van der Waals surface area (Å²) in [4.78, 5) is 39.5. The Morgan fingerprint density at radius 3 is 2.58 bits per heavy atom. The fourth-order valence-corrected chi connectivity index (χ4v) is 6.77. The summed E-state index contributed by atoms with van der Waals surface area (Å²) in [5, 5.41) is 0. The zero-order chi connectivity index (χ0) is 25.0. The standard InChI is InChI=1S/C31H38N2O3/c34-21-7-11-26(23-35)33-22-28-24(10-6-12-27(28)30(33)36)8-2-1-5-18-32-19-16-31(17-20-32)15-14-25-9-3-4-13-29(25)31/h3-4,6,9-10,12-13,21,23,26H,1-2,5,7-8,11,14-20,22H2. The van der Waals surface area contributed by atoms with Crippen molar-refractivity contribution >= 4 is 18.5 Å². The Balaban J connectivity index is 1.07. The van der Waals surface area contributed by atoms with E-state index in [-0.39, 0.29) is 5.91 Å². The molecule has 2 heterocycles. The number of carbonyl (C=O) groups excluding carboxylic acids is 3. The quantitative estimate of drug-likeness (QED) is 0.336. The monoisotopic (exact) mass is 486 g/mol. The zero-order valence-corrected chi connectivity index (χ0v) is 21.3. The number of amides is 1. The van der Waals surface area contributed by atoms with E-state index in [1.165, 1.54) is 63.7 Å². The molecule has 0 N–H and O–H groups in total. The van der Waals surface area contributed by atoms with Gasteiger partial charge in [0.05, 0.1) is 6.04 Å². The van der Waals surface area contributed by atoms with Crippen LogP contribution in [0.15, 0.2) is 42.5 Å². The second-order valence-electron chi connectivity index (χ2n) is 10.9. The van der Waals surface area contributed by atoms with Crippen molar-refractivity contribution in [2.45, 2.75) is 82.2 Å². The number of hydrogen-bond acceptors (Lipinski definition) is 4. The fraction of sp³-hybridized carbons (Fsp3) is 0.516. The van der Waals surface area contributed by atoms with E-state index in [2.05, 4.69) is 35.2 Å². The van der Waals surface area contributed by atoms with Gasteiger partial charge >= 0.3 is 0 Å². The highest BCUT2D eigenvalue weighted by Crippen LogP contribution is 2.46. The van der Waals surface area contributed by atoms with E-state index in [1.54, 1.807) is 16.0 Å². The van der Waals surface area contributed by atoms with E-state index in [1.807, 2.05) is 12.1 Å². The van der Waals surface area contributed by atoms with Gasteiger partial charge in [-0.3, -0.25) is 4.79 Å². The number of aldehydes is 2. The molecule has 5 rings (SSSR count). The number of fused-ring (bicyclic) bond motifs is 3. The smallest absolute Gasteiger partial charge is 0.255 e. The molecule has 36 heavy (non-hydrogen) atoms. The predicted molar refractivity (Wildman–Crippen MR) is 141 cm³/mol. The van der Waals surface area contributed by atoms with Crippen LogP contribution in [0.3, 0.4) is 0 Å². The molecule has 1 fully saturated rings. The van der Waals surface area contributed by atoms with Gasteiger partial charge in [0.25, 0.3) is 5.91 Å². The van der Waals surface area contributed by atoms with E-state index < -0.39 is 6.04 Å². The van der Waals surface area contributed by atoms with Crippen molar-refractivity contribution in [1.29, 1.82) is 0 Å². The Kier molecular flexibility index (Phi) is 7.66. The highest BCUT2D eigenvalue weighted by atomic mass is 16.2. The maximum absolute atomic E-state index is 12.9. The fourth-order valence-electron chi connectivity index (χ4n) is 6.77. The highest BCUT2D eigenvalue weighted by Gasteiger charge is 2.40. The van der Waals surface area contributed by atoms with Gasteiger partial charge < -0.3 is 19.4 Å². The first-order valence-electron chi connectivity index (χ1n) is 13.8. The summed E-state index contributed by atoms with van der Waals surface area (Å²) in [7, 11) is 0. The number of carbonyl (C=O) groups is 3. The van der Waals surface area contributed by atoms with Crippen LogP contribution in [-0.4, -0.2) is 54.0 Å². The molecular weight excluding hydrogens is 448 g/mol. The van der Waals surface area contributed by atoms with Crippen LogP contribution in [0.5, 0.6) is 0 Å². The molecule has 0 aromatic heterocycles. The van der Waals surface area contributed by atoms with Gasteiger partial charge in [-0.1, -0.05) is 42.8 Å². The first-order valence-corrected chi connectivity index (χ1v) is 13.8. The molecule has 5 heteroatoms. The topological polar surface area (TPSA) is 57.7 Å². The summed E-state index contributed by atoms with van der Waals surface area (Å²) in [5.41, 5.74) is 6.65. The Morgan fingerprint density at radius 1 is 0.944 bits per heavy atom. The van der Waals surface area contributed by atoms with Crippen molar-refractivity contribution < 1.29 is 14.4 Å². The molecule has 1 spiro atoms. The van der Waals surface area contributed by atoms with Crippen LogP contribution in [0.25, 0.3) is 0 Å². The van der Waals surface area contributed by atoms with Crippen LogP contribution in [0, 0.1) is 0 Å². The van der Waals surface area contributed by atoms with Crippen LogP contribution in [0.1, 0.15) is 84.0 Å². The lowest BCUT2D eigenvalue weighted by atomic mass is 9.74. The maximum Gasteiger partial charge on any atom is 0.255 e. The molecule has 2 aromatic rings. The van der Waals surface area contributed by atoms with Gasteiger partial charge in [-0.15, -0.1) is 0 Å². The second-order valence-corrected chi connectivity index (χ2v) is 10.9. The number of piperidine rings is 1. The van der Waals surface area contributed by atoms with Crippen LogP contribution >= 0.6 is 0 Å². The number of rotatable bonds is 11. The maximum atomic E-state index is 12.9. The van der Waals surface area contributed by atoms with Gasteiger partial charge in [0, 0.05) is 18.5 Å². The molecule has 0 bridgehead atoms. The average Bonchev–Trinajstić information content (AvgIpc) is 3.44. The molecular formula is C31H38N2O3. The molecule has 190 valence electrons. The zero-order valence-electron chi connectivity index (χ0n) is 21.3. The van der Waals surface area contributed by atoms with Gasteiger partial charge in [0.2, 0.25) is 0 Å². The number of aryl methyl sites for hydroxylation is 2.